The molecule has 3 aromatic rings. The van der Waals surface area contributed by atoms with E-state index in [0.717, 1.165) is 47.3 Å². The lowest BCUT2D eigenvalue weighted by Crippen LogP contribution is -3.12. The molecule has 0 saturated heterocycles. The molecule has 1 atom stereocenters. The molecule has 1 aromatic heterocycles. The van der Waals surface area contributed by atoms with Crippen molar-refractivity contribution in [1.82, 2.24) is 0 Å². The van der Waals surface area contributed by atoms with Crippen LogP contribution in [0.5, 0.6) is 5.75 Å². The maximum Gasteiger partial charge on any atom is 0.339 e. The van der Waals surface area contributed by atoms with Crippen LogP contribution in [0.4, 0.5) is 4.39 Å². The fraction of sp³-hybridized carbons (Fsp3) is 0.286. The normalized spacial score (nSPS) is 16.3. The highest BCUT2D eigenvalue weighted by atomic mass is 19.1. The Bertz CT molecular complexity index is 1020. The summed E-state index contributed by atoms with van der Waals surface area (Å²) in [5.41, 5.74) is 3.99. The predicted molar refractivity (Wildman–Crippen MR) is 97.1 cm³/mol. The average Bonchev–Trinajstić information content (AvgIpc) is 2.65. The van der Waals surface area contributed by atoms with E-state index in [4.69, 9.17) is 9.15 Å². The summed E-state index contributed by atoms with van der Waals surface area (Å²) in [7, 11) is 0. The van der Waals surface area contributed by atoms with Crippen molar-refractivity contribution in [2.45, 2.75) is 26.8 Å². The minimum Gasteiger partial charge on any atom is -0.445 e. The largest absolute Gasteiger partial charge is 0.445 e. The van der Waals surface area contributed by atoms with Crippen LogP contribution in [0.1, 0.15) is 22.3 Å². The van der Waals surface area contributed by atoms with E-state index in [1.54, 1.807) is 6.92 Å². The third-order valence-corrected chi connectivity index (χ3v) is 5.22. The van der Waals surface area contributed by atoms with Gasteiger partial charge in [0.15, 0.2) is 5.58 Å². The van der Waals surface area contributed by atoms with Gasteiger partial charge in [0.2, 0.25) is 6.73 Å². The Morgan fingerprint density at radius 1 is 1.08 bits per heavy atom. The first kappa shape index (κ1) is 16.8. The Balaban J connectivity index is 1.61. The second-order valence-electron chi connectivity index (χ2n) is 6.90. The smallest absolute Gasteiger partial charge is 0.339 e. The lowest BCUT2D eigenvalue weighted by molar-refractivity contribution is -0.932. The molecular weight excluding hydrogens is 333 g/mol. The fourth-order valence-corrected chi connectivity index (χ4v) is 3.46. The molecule has 2 aromatic carbocycles. The van der Waals surface area contributed by atoms with E-state index in [2.05, 4.69) is 0 Å². The number of fused-ring (bicyclic) bond motifs is 3. The highest BCUT2D eigenvalue weighted by molar-refractivity contribution is 5.85. The van der Waals surface area contributed by atoms with Gasteiger partial charge in [0, 0.05) is 17.4 Å². The van der Waals surface area contributed by atoms with Gasteiger partial charge in [-0.05, 0) is 49.2 Å². The van der Waals surface area contributed by atoms with E-state index in [1.807, 2.05) is 31.2 Å². The van der Waals surface area contributed by atoms with Crippen molar-refractivity contribution in [1.29, 1.82) is 0 Å². The van der Waals surface area contributed by atoms with Crippen LogP contribution in [0.2, 0.25) is 0 Å². The number of benzene rings is 2. The van der Waals surface area contributed by atoms with Crippen molar-refractivity contribution in [3.05, 3.63) is 74.9 Å². The number of nitrogens with one attached hydrogen (secondary N) is 1. The van der Waals surface area contributed by atoms with Crippen LogP contribution in [0.25, 0.3) is 11.0 Å². The number of hydrogen-bond acceptors (Lipinski definition) is 3. The fourth-order valence-electron chi connectivity index (χ4n) is 3.46. The zero-order valence-corrected chi connectivity index (χ0v) is 14.9. The molecule has 26 heavy (non-hydrogen) atoms. The number of ether oxygens (including phenoxy) is 1. The lowest BCUT2D eigenvalue weighted by atomic mass is 10.0. The molecule has 4 rings (SSSR count). The number of hydrogen-bond donors (Lipinski definition) is 1. The molecule has 0 radical (unpaired) electrons. The zero-order valence-electron chi connectivity index (χ0n) is 14.9. The van der Waals surface area contributed by atoms with Gasteiger partial charge in [0.1, 0.15) is 18.1 Å². The van der Waals surface area contributed by atoms with Crippen molar-refractivity contribution < 1.29 is 18.4 Å². The van der Waals surface area contributed by atoms with Gasteiger partial charge in [-0.1, -0.05) is 12.1 Å². The van der Waals surface area contributed by atoms with Gasteiger partial charge in [0.05, 0.1) is 12.1 Å². The molecule has 2 heterocycles. The van der Waals surface area contributed by atoms with Gasteiger partial charge in [-0.3, -0.25) is 4.90 Å². The van der Waals surface area contributed by atoms with Crippen LogP contribution >= 0.6 is 0 Å². The summed E-state index contributed by atoms with van der Waals surface area (Å²) >= 11 is 0. The Labute approximate surface area is 150 Å². The molecule has 0 saturated carbocycles. The molecule has 0 amide bonds. The first-order valence-corrected chi connectivity index (χ1v) is 8.79. The lowest BCUT2D eigenvalue weighted by Gasteiger charge is -2.26. The minimum absolute atomic E-state index is 0.219. The Kier molecular flexibility index (Phi) is 4.24. The molecule has 1 N–H and O–H groups in total. The van der Waals surface area contributed by atoms with Crippen LogP contribution in [0, 0.1) is 19.7 Å². The van der Waals surface area contributed by atoms with E-state index in [-0.39, 0.29) is 11.4 Å². The standard InChI is InChI=1S/C21H20FNO3/c1-13-14(2)21(24)26-20-17(13)7-8-19-18(20)11-23(12-25-19)10-9-15-3-5-16(22)6-4-15/h3-8H,9-12H2,1-2H3/p+1. The molecule has 1 unspecified atom stereocenters. The van der Waals surface area contributed by atoms with Crippen molar-refractivity contribution in [2.75, 3.05) is 13.3 Å². The van der Waals surface area contributed by atoms with Gasteiger partial charge in [-0.25, -0.2) is 9.18 Å². The predicted octanol–water partition coefficient (Wildman–Crippen LogP) is 2.53. The van der Waals surface area contributed by atoms with E-state index in [1.165, 1.54) is 17.0 Å². The van der Waals surface area contributed by atoms with E-state index in [9.17, 15) is 9.18 Å². The van der Waals surface area contributed by atoms with Crippen molar-refractivity contribution in [3.63, 3.8) is 0 Å². The molecule has 0 spiro atoms. The van der Waals surface area contributed by atoms with Crippen molar-refractivity contribution in [2.24, 2.45) is 0 Å². The molecular formula is C21H21FNO3+. The van der Waals surface area contributed by atoms with Crippen LogP contribution in [0.15, 0.2) is 45.6 Å². The average molecular weight is 354 g/mol. The summed E-state index contributed by atoms with van der Waals surface area (Å²) in [6, 6.07) is 10.5. The van der Waals surface area contributed by atoms with Crippen LogP contribution in [-0.2, 0) is 13.0 Å². The zero-order chi connectivity index (χ0) is 18.3. The summed E-state index contributed by atoms with van der Waals surface area (Å²) in [5.74, 6) is 0.568. The molecule has 0 bridgehead atoms. The molecule has 1 aliphatic heterocycles. The highest BCUT2D eigenvalue weighted by Crippen LogP contribution is 2.30. The van der Waals surface area contributed by atoms with Crippen LogP contribution in [0.3, 0.4) is 0 Å². The van der Waals surface area contributed by atoms with Gasteiger partial charge in [0.25, 0.3) is 0 Å². The number of rotatable bonds is 3. The van der Waals surface area contributed by atoms with E-state index in [0.29, 0.717) is 17.9 Å². The number of halogens is 1. The first-order chi connectivity index (χ1) is 12.5. The minimum atomic E-state index is -0.290. The van der Waals surface area contributed by atoms with Crippen LogP contribution < -0.4 is 15.3 Å². The molecule has 4 nitrogen and oxygen atoms in total. The second kappa shape index (κ2) is 6.57. The molecule has 0 aliphatic carbocycles. The SMILES string of the molecule is Cc1c(C)c2ccc3c(c2oc1=O)C[NH+](CCc1ccc(F)cc1)CO3. The number of quaternary nitrogens is 1. The highest BCUT2D eigenvalue weighted by Gasteiger charge is 2.25. The monoisotopic (exact) mass is 354 g/mol. The molecule has 0 fully saturated rings. The topological polar surface area (TPSA) is 43.9 Å². The van der Waals surface area contributed by atoms with Crippen molar-refractivity contribution in [3.8, 4) is 5.75 Å². The van der Waals surface area contributed by atoms with Crippen LogP contribution in [-0.4, -0.2) is 13.3 Å². The molecule has 134 valence electrons. The van der Waals surface area contributed by atoms with Gasteiger partial charge < -0.3 is 9.15 Å². The maximum absolute atomic E-state index is 13.0. The summed E-state index contributed by atoms with van der Waals surface area (Å²) < 4.78 is 24.5. The summed E-state index contributed by atoms with van der Waals surface area (Å²) in [4.78, 5) is 13.4. The molecule has 5 heteroatoms. The third-order valence-electron chi connectivity index (χ3n) is 5.22. The first-order valence-electron chi connectivity index (χ1n) is 8.79. The maximum atomic E-state index is 13.0. The summed E-state index contributed by atoms with van der Waals surface area (Å²) in [6.07, 6.45) is 0.834. The van der Waals surface area contributed by atoms with Crippen molar-refractivity contribution >= 4 is 11.0 Å². The van der Waals surface area contributed by atoms with Gasteiger partial charge in [-0.2, -0.15) is 0 Å². The van der Waals surface area contributed by atoms with E-state index >= 15 is 0 Å². The second-order valence-corrected chi connectivity index (χ2v) is 6.90. The number of aryl methyl sites for hydroxylation is 1. The quantitative estimate of drug-likeness (QED) is 0.735. The summed E-state index contributed by atoms with van der Waals surface area (Å²) in [6.45, 7) is 5.89. The Morgan fingerprint density at radius 3 is 2.62 bits per heavy atom. The van der Waals surface area contributed by atoms with Gasteiger partial charge >= 0.3 is 5.63 Å². The Hall–Kier alpha value is -2.66. The van der Waals surface area contributed by atoms with E-state index < -0.39 is 0 Å². The third kappa shape index (κ3) is 2.99. The molecule has 1 aliphatic rings. The summed E-state index contributed by atoms with van der Waals surface area (Å²) in [5, 5.41) is 0.962. The Morgan fingerprint density at radius 2 is 1.85 bits per heavy atom. The van der Waals surface area contributed by atoms with Gasteiger partial charge in [-0.15, -0.1) is 0 Å².